The molecule has 1 fully saturated rings. The lowest BCUT2D eigenvalue weighted by Crippen LogP contribution is -2.41. The Labute approximate surface area is 177 Å². The number of benzene rings is 2. The largest absolute Gasteiger partial charge is 0.497 e. The Morgan fingerprint density at radius 1 is 1.07 bits per heavy atom. The van der Waals surface area contributed by atoms with E-state index in [0.29, 0.717) is 12.2 Å². The van der Waals surface area contributed by atoms with Gasteiger partial charge in [0, 0.05) is 12.2 Å². The number of para-hydroxylation sites is 1. The summed E-state index contributed by atoms with van der Waals surface area (Å²) in [7, 11) is 1.67. The second kappa shape index (κ2) is 9.59. The lowest BCUT2D eigenvalue weighted by atomic mass is 10.0. The van der Waals surface area contributed by atoms with Crippen LogP contribution in [0, 0.1) is 0 Å². The molecule has 0 unspecified atom stereocenters. The number of methoxy groups -OCH3 is 1. The Balaban J connectivity index is 1.51. The van der Waals surface area contributed by atoms with Gasteiger partial charge in [0.2, 0.25) is 0 Å². The molecule has 156 valence electrons. The highest BCUT2D eigenvalue weighted by atomic mass is 16.5. The molecule has 1 saturated heterocycles. The average molecular weight is 405 g/mol. The molecule has 1 N–H and O–H groups in total. The number of carbonyl (C=O) groups excluding carboxylic acids is 1. The Kier molecular flexibility index (Phi) is 6.44. The van der Waals surface area contributed by atoms with E-state index in [9.17, 15) is 4.79 Å². The number of hydrogen-bond acceptors (Lipinski definition) is 4. The molecule has 0 spiro atoms. The Bertz CT molecular complexity index is 947. The first kappa shape index (κ1) is 20.2. The zero-order valence-electron chi connectivity index (χ0n) is 17.3. The molecule has 1 aromatic heterocycles. The summed E-state index contributed by atoms with van der Waals surface area (Å²) >= 11 is 0. The number of carbonyl (C=O) groups is 1. The number of likely N-dealkylation sites (tertiary alicyclic amines) is 1. The third-order valence-electron chi connectivity index (χ3n) is 5.69. The summed E-state index contributed by atoms with van der Waals surface area (Å²) in [6.07, 6.45) is 6.96. The maximum absolute atomic E-state index is 13.0. The minimum atomic E-state index is -0.119. The number of hydrogen-bond donors (Lipinski definition) is 1. The Hall–Kier alpha value is -3.12. The van der Waals surface area contributed by atoms with Crippen LogP contribution < -0.4 is 10.1 Å². The van der Waals surface area contributed by atoms with Crippen molar-refractivity contribution >= 4 is 5.91 Å². The molecule has 6 nitrogen and oxygen atoms in total. The lowest BCUT2D eigenvalue weighted by Gasteiger charge is -2.35. The summed E-state index contributed by atoms with van der Waals surface area (Å²) in [4.78, 5) is 19.7. The second-order valence-electron chi connectivity index (χ2n) is 7.58. The normalized spacial score (nSPS) is 15.5. The number of amides is 1. The van der Waals surface area contributed by atoms with E-state index in [1.54, 1.807) is 19.6 Å². The zero-order valence-corrected chi connectivity index (χ0v) is 17.3. The molecule has 2 heterocycles. The van der Waals surface area contributed by atoms with Crippen LogP contribution in [-0.4, -0.2) is 47.1 Å². The highest BCUT2D eigenvalue weighted by Crippen LogP contribution is 2.26. The molecule has 30 heavy (non-hydrogen) atoms. The van der Waals surface area contributed by atoms with Crippen LogP contribution in [0.25, 0.3) is 5.69 Å². The molecule has 1 amide bonds. The third-order valence-corrected chi connectivity index (χ3v) is 5.69. The van der Waals surface area contributed by atoms with Crippen LogP contribution >= 0.6 is 0 Å². The van der Waals surface area contributed by atoms with Crippen LogP contribution in [0.1, 0.15) is 41.4 Å². The van der Waals surface area contributed by atoms with Gasteiger partial charge in [-0.15, -0.1) is 0 Å². The SMILES string of the molecule is COc1ccc([C@@H](CNC(=O)c2cncn2-c2ccccc2)N2CCCCC2)cc1. The third kappa shape index (κ3) is 4.54. The first-order chi connectivity index (χ1) is 14.8. The highest BCUT2D eigenvalue weighted by Gasteiger charge is 2.24. The number of imidazole rings is 1. The van der Waals surface area contributed by atoms with Crippen molar-refractivity contribution in [2.24, 2.45) is 0 Å². The van der Waals surface area contributed by atoms with Gasteiger partial charge in [-0.2, -0.15) is 0 Å². The molecular formula is C24H28N4O2. The Morgan fingerprint density at radius 2 is 1.80 bits per heavy atom. The minimum Gasteiger partial charge on any atom is -0.497 e. The van der Waals surface area contributed by atoms with Gasteiger partial charge in [-0.1, -0.05) is 36.8 Å². The summed E-state index contributed by atoms with van der Waals surface area (Å²) < 4.78 is 7.12. The fraction of sp³-hybridized carbons (Fsp3) is 0.333. The molecule has 2 aromatic carbocycles. The average Bonchev–Trinajstić information content (AvgIpc) is 3.31. The van der Waals surface area contributed by atoms with Crippen molar-refractivity contribution in [1.82, 2.24) is 19.8 Å². The van der Waals surface area contributed by atoms with Gasteiger partial charge in [0.05, 0.1) is 25.7 Å². The van der Waals surface area contributed by atoms with Crippen LogP contribution in [-0.2, 0) is 0 Å². The maximum Gasteiger partial charge on any atom is 0.269 e. The van der Waals surface area contributed by atoms with Crippen molar-refractivity contribution in [2.75, 3.05) is 26.7 Å². The van der Waals surface area contributed by atoms with Crippen molar-refractivity contribution in [3.05, 3.63) is 78.4 Å². The van der Waals surface area contributed by atoms with Crippen molar-refractivity contribution in [1.29, 1.82) is 0 Å². The molecule has 0 aliphatic carbocycles. The molecule has 1 atom stereocenters. The van der Waals surface area contributed by atoms with Gasteiger partial charge < -0.3 is 10.1 Å². The highest BCUT2D eigenvalue weighted by molar-refractivity contribution is 5.93. The predicted molar refractivity (Wildman–Crippen MR) is 117 cm³/mol. The maximum atomic E-state index is 13.0. The minimum absolute atomic E-state index is 0.119. The molecular weight excluding hydrogens is 376 g/mol. The van der Waals surface area contributed by atoms with E-state index in [1.165, 1.54) is 24.8 Å². The van der Waals surface area contributed by atoms with E-state index in [4.69, 9.17) is 4.74 Å². The van der Waals surface area contributed by atoms with E-state index in [-0.39, 0.29) is 11.9 Å². The molecule has 0 bridgehead atoms. The van der Waals surface area contributed by atoms with E-state index < -0.39 is 0 Å². The predicted octanol–water partition coefficient (Wildman–Crippen LogP) is 3.84. The van der Waals surface area contributed by atoms with Crippen LogP contribution in [0.15, 0.2) is 67.1 Å². The summed E-state index contributed by atoms with van der Waals surface area (Å²) in [5.74, 6) is 0.721. The number of ether oxygens (including phenoxy) is 1. The van der Waals surface area contributed by atoms with E-state index in [1.807, 2.05) is 47.0 Å². The lowest BCUT2D eigenvalue weighted by molar-refractivity contribution is 0.0917. The summed E-state index contributed by atoms with van der Waals surface area (Å²) in [6, 6.07) is 18.1. The standard InChI is InChI=1S/C24H28N4O2/c1-30-21-12-10-19(11-13-21)22(27-14-6-3-7-15-27)17-26-24(29)23-16-25-18-28(23)20-8-4-2-5-9-20/h2,4-5,8-13,16,18,22H,3,6-7,14-15,17H2,1H3,(H,26,29)/t22-/m1/s1. The zero-order chi connectivity index (χ0) is 20.8. The first-order valence-electron chi connectivity index (χ1n) is 10.5. The van der Waals surface area contributed by atoms with Gasteiger partial charge in [-0.05, 0) is 55.8 Å². The van der Waals surface area contributed by atoms with E-state index in [2.05, 4.69) is 27.3 Å². The molecule has 6 heteroatoms. The quantitative estimate of drug-likeness (QED) is 0.650. The van der Waals surface area contributed by atoms with E-state index >= 15 is 0 Å². The second-order valence-corrected chi connectivity index (χ2v) is 7.58. The van der Waals surface area contributed by atoms with Crippen LogP contribution in [0.4, 0.5) is 0 Å². The molecule has 1 aliphatic heterocycles. The number of rotatable bonds is 7. The summed E-state index contributed by atoms with van der Waals surface area (Å²) in [5, 5.41) is 3.15. The van der Waals surface area contributed by atoms with Gasteiger partial charge in [0.25, 0.3) is 5.91 Å². The molecule has 3 aromatic rings. The molecule has 0 radical (unpaired) electrons. The van der Waals surface area contributed by atoms with Crippen molar-refractivity contribution < 1.29 is 9.53 Å². The van der Waals surface area contributed by atoms with Gasteiger partial charge in [0.1, 0.15) is 11.4 Å². The Morgan fingerprint density at radius 3 is 2.50 bits per heavy atom. The number of aromatic nitrogens is 2. The summed E-state index contributed by atoms with van der Waals surface area (Å²) in [5.41, 5.74) is 2.64. The van der Waals surface area contributed by atoms with Gasteiger partial charge in [-0.3, -0.25) is 14.3 Å². The van der Waals surface area contributed by atoms with Gasteiger partial charge in [-0.25, -0.2) is 4.98 Å². The van der Waals surface area contributed by atoms with Crippen molar-refractivity contribution in [3.8, 4) is 11.4 Å². The van der Waals surface area contributed by atoms with Gasteiger partial charge >= 0.3 is 0 Å². The van der Waals surface area contributed by atoms with Gasteiger partial charge in [0.15, 0.2) is 0 Å². The fourth-order valence-corrected chi connectivity index (χ4v) is 4.05. The summed E-state index contributed by atoms with van der Waals surface area (Å²) in [6.45, 7) is 2.65. The molecule has 4 rings (SSSR count). The number of piperidine rings is 1. The fourth-order valence-electron chi connectivity index (χ4n) is 4.05. The molecule has 1 aliphatic rings. The van der Waals surface area contributed by atoms with E-state index in [0.717, 1.165) is 24.5 Å². The smallest absolute Gasteiger partial charge is 0.269 e. The van der Waals surface area contributed by atoms with Crippen LogP contribution in [0.2, 0.25) is 0 Å². The topological polar surface area (TPSA) is 59.4 Å². The monoisotopic (exact) mass is 404 g/mol. The first-order valence-corrected chi connectivity index (χ1v) is 10.5. The van der Waals surface area contributed by atoms with Crippen molar-refractivity contribution in [3.63, 3.8) is 0 Å². The number of nitrogens with zero attached hydrogens (tertiary/aromatic N) is 3. The van der Waals surface area contributed by atoms with Crippen molar-refractivity contribution in [2.45, 2.75) is 25.3 Å². The van der Waals surface area contributed by atoms with Crippen LogP contribution in [0.5, 0.6) is 5.75 Å². The van der Waals surface area contributed by atoms with Crippen LogP contribution in [0.3, 0.4) is 0 Å². The number of nitrogens with one attached hydrogen (secondary N) is 1. The molecule has 0 saturated carbocycles.